The van der Waals surface area contributed by atoms with E-state index in [4.69, 9.17) is 5.11 Å². The Morgan fingerprint density at radius 1 is 1.45 bits per heavy atom. The number of rotatable bonds is 3. The van der Waals surface area contributed by atoms with Crippen LogP contribution in [0.1, 0.15) is 12.8 Å². The number of halogens is 4. The highest BCUT2D eigenvalue weighted by atomic mass is 19.4. The zero-order chi connectivity index (χ0) is 9.07. The molecule has 1 atom stereocenters. The molecule has 0 saturated heterocycles. The summed E-state index contributed by atoms with van der Waals surface area (Å²) in [7, 11) is 0. The summed E-state index contributed by atoms with van der Waals surface area (Å²) in [5, 5.41) is 7.84. The van der Waals surface area contributed by atoms with Crippen LogP contribution in [0.25, 0.3) is 0 Å². The molecule has 0 rings (SSSR count). The fraction of sp³-hybridized carbons (Fsp3) is 0.800. The molecule has 0 amide bonds. The average molecular weight is 174 g/mol. The molecule has 11 heavy (non-hydrogen) atoms. The van der Waals surface area contributed by atoms with Gasteiger partial charge in [-0.25, -0.2) is 9.18 Å². The molecule has 0 aromatic heterocycles. The molecule has 1 N–H and O–H groups in total. The van der Waals surface area contributed by atoms with Crippen molar-refractivity contribution >= 4 is 5.97 Å². The molecule has 0 aliphatic carbocycles. The molecule has 0 saturated carbocycles. The van der Waals surface area contributed by atoms with Crippen LogP contribution in [-0.4, -0.2) is 23.4 Å². The first-order valence-electron chi connectivity index (χ1n) is 2.76. The van der Waals surface area contributed by atoms with E-state index >= 15 is 0 Å². The lowest BCUT2D eigenvalue weighted by atomic mass is 10.2. The number of carboxylic acid groups (broad SMARTS) is 1. The topological polar surface area (TPSA) is 37.3 Å². The van der Waals surface area contributed by atoms with Gasteiger partial charge in [0, 0.05) is 6.42 Å². The van der Waals surface area contributed by atoms with Crippen LogP contribution in [0.2, 0.25) is 0 Å². The van der Waals surface area contributed by atoms with Gasteiger partial charge in [-0.1, -0.05) is 0 Å². The van der Waals surface area contributed by atoms with Gasteiger partial charge in [0.15, 0.2) is 6.17 Å². The minimum Gasteiger partial charge on any atom is -0.479 e. The van der Waals surface area contributed by atoms with E-state index in [1.807, 2.05) is 0 Å². The van der Waals surface area contributed by atoms with E-state index in [2.05, 4.69) is 0 Å². The van der Waals surface area contributed by atoms with E-state index in [1.54, 1.807) is 0 Å². The Morgan fingerprint density at radius 2 is 1.91 bits per heavy atom. The highest BCUT2D eigenvalue weighted by Crippen LogP contribution is 2.22. The van der Waals surface area contributed by atoms with Crippen molar-refractivity contribution in [2.75, 3.05) is 0 Å². The summed E-state index contributed by atoms with van der Waals surface area (Å²) in [6.07, 6.45) is -9.32. The number of hydrogen-bond acceptors (Lipinski definition) is 1. The molecule has 6 heteroatoms. The van der Waals surface area contributed by atoms with Crippen LogP contribution in [0.5, 0.6) is 0 Å². The van der Waals surface area contributed by atoms with E-state index < -0.39 is 31.2 Å². The van der Waals surface area contributed by atoms with E-state index in [0.717, 1.165) is 0 Å². The lowest BCUT2D eigenvalue weighted by Crippen LogP contribution is -2.18. The third-order valence-electron chi connectivity index (χ3n) is 0.949. The van der Waals surface area contributed by atoms with Crippen molar-refractivity contribution in [3.63, 3.8) is 0 Å². The van der Waals surface area contributed by atoms with Crippen LogP contribution >= 0.6 is 0 Å². The van der Waals surface area contributed by atoms with Crippen molar-refractivity contribution in [1.29, 1.82) is 0 Å². The number of carboxylic acids is 1. The van der Waals surface area contributed by atoms with Crippen molar-refractivity contribution in [1.82, 2.24) is 0 Å². The standard InChI is InChI=1S/C5H6F4O2/c6-3(4(10)11)1-2-5(7,8)9/h3H,1-2H2,(H,10,11). The molecule has 0 aromatic carbocycles. The molecule has 0 aromatic rings. The van der Waals surface area contributed by atoms with Gasteiger partial charge in [-0.15, -0.1) is 0 Å². The van der Waals surface area contributed by atoms with E-state index in [0.29, 0.717) is 0 Å². The van der Waals surface area contributed by atoms with Crippen LogP contribution in [0.15, 0.2) is 0 Å². The van der Waals surface area contributed by atoms with Gasteiger partial charge in [0.25, 0.3) is 0 Å². The summed E-state index contributed by atoms with van der Waals surface area (Å²) in [6.45, 7) is 0. The Labute approximate surface area is 59.8 Å². The Balaban J connectivity index is 3.63. The van der Waals surface area contributed by atoms with Crippen LogP contribution in [0.3, 0.4) is 0 Å². The molecule has 2 nitrogen and oxygen atoms in total. The maximum atomic E-state index is 12.0. The molecule has 0 fully saturated rings. The highest BCUT2D eigenvalue weighted by molar-refractivity contribution is 5.71. The zero-order valence-corrected chi connectivity index (χ0v) is 5.36. The number of carbonyl (C=O) groups is 1. The maximum Gasteiger partial charge on any atom is 0.389 e. The van der Waals surface area contributed by atoms with Gasteiger partial charge in [-0.3, -0.25) is 0 Å². The third-order valence-corrected chi connectivity index (χ3v) is 0.949. The van der Waals surface area contributed by atoms with Gasteiger partial charge in [-0.2, -0.15) is 13.2 Å². The second kappa shape index (κ2) is 3.54. The lowest BCUT2D eigenvalue weighted by molar-refractivity contribution is -0.150. The normalized spacial score (nSPS) is 14.5. The summed E-state index contributed by atoms with van der Waals surface area (Å²) in [6, 6.07) is 0. The molecule has 0 radical (unpaired) electrons. The van der Waals surface area contributed by atoms with E-state index in [1.165, 1.54) is 0 Å². The van der Waals surface area contributed by atoms with Gasteiger partial charge in [-0.05, 0) is 6.42 Å². The predicted octanol–water partition coefficient (Wildman–Crippen LogP) is 1.75. The van der Waals surface area contributed by atoms with Crippen molar-refractivity contribution in [3.05, 3.63) is 0 Å². The number of alkyl halides is 4. The smallest absolute Gasteiger partial charge is 0.389 e. The number of hydrogen-bond donors (Lipinski definition) is 1. The molecule has 0 heterocycles. The molecule has 0 aliphatic rings. The van der Waals surface area contributed by atoms with Gasteiger partial charge < -0.3 is 5.11 Å². The predicted molar refractivity (Wildman–Crippen MR) is 27.8 cm³/mol. The summed E-state index contributed by atoms with van der Waals surface area (Å²) in [4.78, 5) is 9.67. The largest absolute Gasteiger partial charge is 0.479 e. The zero-order valence-electron chi connectivity index (χ0n) is 5.36. The fourth-order valence-corrected chi connectivity index (χ4v) is 0.414. The van der Waals surface area contributed by atoms with Gasteiger partial charge in [0.05, 0.1) is 0 Å². The molecule has 0 aliphatic heterocycles. The van der Waals surface area contributed by atoms with Crippen LogP contribution < -0.4 is 0 Å². The molecule has 1 unspecified atom stereocenters. The molecular weight excluding hydrogens is 168 g/mol. The van der Waals surface area contributed by atoms with Gasteiger partial charge >= 0.3 is 12.1 Å². The summed E-state index contributed by atoms with van der Waals surface area (Å²) in [5.74, 6) is -1.85. The summed E-state index contributed by atoms with van der Waals surface area (Å²) >= 11 is 0. The maximum absolute atomic E-state index is 12.0. The van der Waals surface area contributed by atoms with Crippen molar-refractivity contribution in [2.24, 2.45) is 0 Å². The minimum absolute atomic E-state index is 1.02. The number of aliphatic carboxylic acids is 1. The Kier molecular flexibility index (Phi) is 3.28. The van der Waals surface area contributed by atoms with Crippen LogP contribution in [0.4, 0.5) is 17.6 Å². The van der Waals surface area contributed by atoms with Gasteiger partial charge in [0.1, 0.15) is 0 Å². The Bertz CT molecular complexity index is 142. The first-order chi connectivity index (χ1) is 4.83. The second-order valence-corrected chi connectivity index (χ2v) is 1.96. The summed E-state index contributed by atoms with van der Waals surface area (Å²) in [5.41, 5.74) is 0. The molecular formula is C5H6F4O2. The lowest BCUT2D eigenvalue weighted by Gasteiger charge is -2.05. The van der Waals surface area contributed by atoms with Crippen molar-refractivity contribution in [2.45, 2.75) is 25.2 Å². The van der Waals surface area contributed by atoms with Crippen molar-refractivity contribution < 1.29 is 27.5 Å². The third kappa shape index (κ3) is 5.63. The molecule has 0 spiro atoms. The Hall–Kier alpha value is -0.810. The monoisotopic (exact) mass is 174 g/mol. The highest BCUT2D eigenvalue weighted by Gasteiger charge is 2.30. The van der Waals surface area contributed by atoms with Crippen molar-refractivity contribution in [3.8, 4) is 0 Å². The fourth-order valence-electron chi connectivity index (χ4n) is 0.414. The Morgan fingerprint density at radius 3 is 2.18 bits per heavy atom. The SMILES string of the molecule is O=C(O)C(F)CCC(F)(F)F. The van der Waals surface area contributed by atoms with E-state index in [9.17, 15) is 22.4 Å². The average Bonchev–Trinajstić information content (AvgIpc) is 1.80. The quantitative estimate of drug-likeness (QED) is 0.661. The minimum atomic E-state index is -4.49. The first-order valence-corrected chi connectivity index (χ1v) is 2.76. The van der Waals surface area contributed by atoms with Gasteiger partial charge in [0.2, 0.25) is 0 Å². The first kappa shape index (κ1) is 10.2. The van der Waals surface area contributed by atoms with Crippen LogP contribution in [0, 0.1) is 0 Å². The van der Waals surface area contributed by atoms with E-state index in [-0.39, 0.29) is 0 Å². The summed E-state index contributed by atoms with van der Waals surface area (Å²) < 4.78 is 45.9. The molecule has 66 valence electrons. The van der Waals surface area contributed by atoms with Crippen LogP contribution in [-0.2, 0) is 4.79 Å². The molecule has 0 bridgehead atoms. The second-order valence-electron chi connectivity index (χ2n) is 1.96.